The number of nitrogens with one attached hydrogen (secondary N) is 2. The van der Waals surface area contributed by atoms with Crippen LogP contribution in [0, 0.1) is 0 Å². The van der Waals surface area contributed by atoms with Crippen LogP contribution in [-0.2, 0) is 4.79 Å². The third-order valence-electron chi connectivity index (χ3n) is 2.13. The van der Waals surface area contributed by atoms with Gasteiger partial charge in [-0.05, 0) is 25.9 Å². The van der Waals surface area contributed by atoms with E-state index in [4.69, 9.17) is 0 Å². The SMILES string of the molecule is CCCCCNCCCNC(=O)CC. The summed E-state index contributed by atoms with van der Waals surface area (Å²) in [5.74, 6) is 0.149. The van der Waals surface area contributed by atoms with Gasteiger partial charge in [0, 0.05) is 13.0 Å². The molecule has 0 aromatic rings. The number of rotatable bonds is 9. The van der Waals surface area contributed by atoms with E-state index in [9.17, 15) is 4.79 Å². The van der Waals surface area contributed by atoms with Gasteiger partial charge in [0.25, 0.3) is 0 Å². The lowest BCUT2D eigenvalue weighted by Crippen LogP contribution is -2.26. The van der Waals surface area contributed by atoms with Crippen molar-refractivity contribution in [2.24, 2.45) is 0 Å². The van der Waals surface area contributed by atoms with Crippen LogP contribution in [0.5, 0.6) is 0 Å². The zero-order valence-corrected chi connectivity index (χ0v) is 9.57. The van der Waals surface area contributed by atoms with Gasteiger partial charge in [-0.3, -0.25) is 4.79 Å². The number of carbonyl (C=O) groups excluding carboxylic acids is 1. The van der Waals surface area contributed by atoms with Crippen LogP contribution >= 0.6 is 0 Å². The zero-order valence-electron chi connectivity index (χ0n) is 9.57. The molecule has 0 aliphatic carbocycles. The molecule has 0 radical (unpaired) electrons. The minimum absolute atomic E-state index is 0.149. The smallest absolute Gasteiger partial charge is 0.219 e. The zero-order chi connectivity index (χ0) is 10.6. The first-order chi connectivity index (χ1) is 6.81. The molecule has 2 N–H and O–H groups in total. The van der Waals surface area contributed by atoms with E-state index < -0.39 is 0 Å². The highest BCUT2D eigenvalue weighted by atomic mass is 16.1. The first kappa shape index (κ1) is 13.4. The van der Waals surface area contributed by atoms with Crippen molar-refractivity contribution in [1.82, 2.24) is 10.6 Å². The molecule has 0 aliphatic rings. The predicted molar refractivity (Wildman–Crippen MR) is 60.3 cm³/mol. The molecule has 14 heavy (non-hydrogen) atoms. The average Bonchev–Trinajstić information content (AvgIpc) is 2.21. The van der Waals surface area contributed by atoms with Crippen molar-refractivity contribution in [3.63, 3.8) is 0 Å². The Hall–Kier alpha value is -0.570. The van der Waals surface area contributed by atoms with Gasteiger partial charge < -0.3 is 10.6 Å². The molecule has 0 aromatic heterocycles. The molecule has 84 valence electrons. The van der Waals surface area contributed by atoms with Gasteiger partial charge in [-0.1, -0.05) is 26.7 Å². The predicted octanol–water partition coefficient (Wildman–Crippen LogP) is 1.68. The van der Waals surface area contributed by atoms with Crippen LogP contribution in [0.3, 0.4) is 0 Å². The molecule has 0 atom stereocenters. The largest absolute Gasteiger partial charge is 0.356 e. The van der Waals surface area contributed by atoms with Crippen molar-refractivity contribution in [1.29, 1.82) is 0 Å². The summed E-state index contributed by atoms with van der Waals surface area (Å²) >= 11 is 0. The molecule has 0 rings (SSSR count). The van der Waals surface area contributed by atoms with E-state index >= 15 is 0 Å². The molecule has 1 amide bonds. The maximum Gasteiger partial charge on any atom is 0.219 e. The number of unbranched alkanes of at least 4 members (excludes halogenated alkanes) is 2. The molecule has 0 bridgehead atoms. The van der Waals surface area contributed by atoms with Crippen LogP contribution in [0.4, 0.5) is 0 Å². The summed E-state index contributed by atoms with van der Waals surface area (Å²) in [5.41, 5.74) is 0. The normalized spacial score (nSPS) is 10.1. The number of hydrogen-bond donors (Lipinski definition) is 2. The number of carbonyl (C=O) groups is 1. The lowest BCUT2D eigenvalue weighted by Gasteiger charge is -2.05. The molecular formula is C11H24N2O. The highest BCUT2D eigenvalue weighted by molar-refractivity contribution is 5.75. The molecule has 0 heterocycles. The first-order valence-electron chi connectivity index (χ1n) is 5.78. The summed E-state index contributed by atoms with van der Waals surface area (Å²) < 4.78 is 0. The Morgan fingerprint density at radius 1 is 1.00 bits per heavy atom. The van der Waals surface area contributed by atoms with E-state index in [2.05, 4.69) is 17.6 Å². The van der Waals surface area contributed by atoms with Crippen LogP contribution < -0.4 is 10.6 Å². The summed E-state index contributed by atoms with van der Waals surface area (Å²) in [6.07, 6.45) is 5.45. The van der Waals surface area contributed by atoms with Gasteiger partial charge in [-0.2, -0.15) is 0 Å². The Morgan fingerprint density at radius 2 is 1.71 bits per heavy atom. The second kappa shape index (κ2) is 10.5. The van der Waals surface area contributed by atoms with E-state index in [1.807, 2.05) is 6.92 Å². The van der Waals surface area contributed by atoms with E-state index in [0.717, 1.165) is 26.1 Å². The van der Waals surface area contributed by atoms with Crippen molar-refractivity contribution in [3.8, 4) is 0 Å². The van der Waals surface area contributed by atoms with Gasteiger partial charge in [-0.15, -0.1) is 0 Å². The van der Waals surface area contributed by atoms with Gasteiger partial charge in [-0.25, -0.2) is 0 Å². The molecular weight excluding hydrogens is 176 g/mol. The molecule has 3 heteroatoms. The van der Waals surface area contributed by atoms with Gasteiger partial charge in [0.2, 0.25) is 5.91 Å². The van der Waals surface area contributed by atoms with Gasteiger partial charge in [0.1, 0.15) is 0 Å². The molecule has 3 nitrogen and oxygen atoms in total. The Morgan fingerprint density at radius 3 is 2.36 bits per heavy atom. The number of amides is 1. The summed E-state index contributed by atoms with van der Waals surface area (Å²) in [7, 11) is 0. The van der Waals surface area contributed by atoms with Crippen molar-refractivity contribution < 1.29 is 4.79 Å². The molecule has 0 saturated heterocycles. The van der Waals surface area contributed by atoms with E-state index in [1.165, 1.54) is 19.3 Å². The van der Waals surface area contributed by atoms with Crippen LogP contribution in [0.1, 0.15) is 46.0 Å². The summed E-state index contributed by atoms with van der Waals surface area (Å²) in [6, 6.07) is 0. The van der Waals surface area contributed by atoms with Gasteiger partial charge in [0.05, 0.1) is 0 Å². The maximum atomic E-state index is 10.9. The van der Waals surface area contributed by atoms with E-state index in [0.29, 0.717) is 6.42 Å². The van der Waals surface area contributed by atoms with Crippen LogP contribution in [0.25, 0.3) is 0 Å². The summed E-state index contributed by atoms with van der Waals surface area (Å²) in [5, 5.41) is 6.22. The van der Waals surface area contributed by atoms with Gasteiger partial charge >= 0.3 is 0 Å². The van der Waals surface area contributed by atoms with Crippen molar-refractivity contribution in [2.75, 3.05) is 19.6 Å². The van der Waals surface area contributed by atoms with E-state index in [-0.39, 0.29) is 5.91 Å². The number of hydrogen-bond acceptors (Lipinski definition) is 2. The Bertz CT molecular complexity index is 137. The van der Waals surface area contributed by atoms with Gasteiger partial charge in [0.15, 0.2) is 0 Å². The van der Waals surface area contributed by atoms with E-state index in [1.54, 1.807) is 0 Å². The fourth-order valence-electron chi connectivity index (χ4n) is 1.19. The van der Waals surface area contributed by atoms with Crippen LogP contribution in [-0.4, -0.2) is 25.5 Å². The molecule has 0 aliphatic heterocycles. The lowest BCUT2D eigenvalue weighted by molar-refractivity contribution is -0.120. The Labute approximate surface area is 87.6 Å². The molecule has 0 fully saturated rings. The second-order valence-corrected chi connectivity index (χ2v) is 3.51. The molecule has 0 saturated carbocycles. The standard InChI is InChI=1S/C11H24N2O/c1-3-5-6-8-12-9-7-10-13-11(14)4-2/h12H,3-10H2,1-2H3,(H,13,14). The van der Waals surface area contributed by atoms with Crippen LogP contribution in [0.15, 0.2) is 0 Å². The fraction of sp³-hybridized carbons (Fsp3) is 0.909. The van der Waals surface area contributed by atoms with Crippen LogP contribution in [0.2, 0.25) is 0 Å². The molecule has 0 unspecified atom stereocenters. The molecule has 0 spiro atoms. The third kappa shape index (κ3) is 9.52. The monoisotopic (exact) mass is 200 g/mol. The Kier molecular flexibility index (Phi) is 10.1. The fourth-order valence-corrected chi connectivity index (χ4v) is 1.19. The summed E-state index contributed by atoms with van der Waals surface area (Å²) in [6.45, 7) is 7.00. The average molecular weight is 200 g/mol. The third-order valence-corrected chi connectivity index (χ3v) is 2.13. The maximum absolute atomic E-state index is 10.9. The second-order valence-electron chi connectivity index (χ2n) is 3.51. The Balaban J connectivity index is 2.95. The summed E-state index contributed by atoms with van der Waals surface area (Å²) in [4.78, 5) is 10.9. The minimum Gasteiger partial charge on any atom is -0.356 e. The topological polar surface area (TPSA) is 41.1 Å². The lowest BCUT2D eigenvalue weighted by atomic mass is 10.2. The first-order valence-corrected chi connectivity index (χ1v) is 5.78. The minimum atomic E-state index is 0.149. The van der Waals surface area contributed by atoms with Crippen molar-refractivity contribution in [3.05, 3.63) is 0 Å². The quantitative estimate of drug-likeness (QED) is 0.556. The van der Waals surface area contributed by atoms with Crippen molar-refractivity contribution in [2.45, 2.75) is 46.0 Å². The highest BCUT2D eigenvalue weighted by Crippen LogP contribution is 1.90. The highest BCUT2D eigenvalue weighted by Gasteiger charge is 1.94. The molecule has 0 aromatic carbocycles. The van der Waals surface area contributed by atoms with Crippen molar-refractivity contribution >= 4 is 5.91 Å².